The lowest BCUT2D eigenvalue weighted by Crippen LogP contribution is -2.41. The van der Waals surface area contributed by atoms with Crippen LogP contribution in [0.15, 0.2) is 5.38 Å². The van der Waals surface area contributed by atoms with Gasteiger partial charge in [-0.1, -0.05) is 19.8 Å². The summed E-state index contributed by atoms with van der Waals surface area (Å²) in [5.41, 5.74) is 1.64. The number of aromatic nitrogens is 1. The zero-order valence-electron chi connectivity index (χ0n) is 10.5. The van der Waals surface area contributed by atoms with Gasteiger partial charge in [0.25, 0.3) is 0 Å². The van der Waals surface area contributed by atoms with Gasteiger partial charge in [-0.15, -0.1) is 11.3 Å². The summed E-state index contributed by atoms with van der Waals surface area (Å²) in [7, 11) is 2.09. The van der Waals surface area contributed by atoms with Crippen molar-refractivity contribution in [2.24, 2.45) is 5.41 Å². The minimum absolute atomic E-state index is 0.480. The fraction of sp³-hybridized carbons (Fsp3) is 0.769. The summed E-state index contributed by atoms with van der Waals surface area (Å²) < 4.78 is 0. The highest BCUT2D eigenvalue weighted by atomic mass is 32.1. The molecule has 3 heteroatoms. The molecule has 1 heterocycles. The Labute approximate surface area is 102 Å². The van der Waals surface area contributed by atoms with Crippen LogP contribution in [-0.2, 0) is 6.42 Å². The predicted octanol–water partition coefficient (Wildman–Crippen LogP) is 3.16. The fourth-order valence-corrected chi connectivity index (χ4v) is 3.72. The standard InChI is InChI=1S/C13H22N2S/c1-10-9-16-12(15-10)8-11(14-3)13(2)6-4-5-7-13/h9,11,14H,4-8H2,1-3H3. The molecule has 0 aliphatic heterocycles. The Balaban J connectivity index is 2.05. The van der Waals surface area contributed by atoms with E-state index in [0.717, 1.165) is 12.1 Å². The summed E-state index contributed by atoms with van der Waals surface area (Å²) in [4.78, 5) is 4.58. The second-order valence-electron chi connectivity index (χ2n) is 5.29. The fourth-order valence-electron chi connectivity index (χ4n) is 2.90. The van der Waals surface area contributed by atoms with Crippen LogP contribution in [0.5, 0.6) is 0 Å². The quantitative estimate of drug-likeness (QED) is 0.871. The molecule has 2 rings (SSSR count). The molecule has 0 amide bonds. The van der Waals surface area contributed by atoms with E-state index in [0.29, 0.717) is 11.5 Å². The number of hydrogen-bond donors (Lipinski definition) is 1. The van der Waals surface area contributed by atoms with E-state index in [9.17, 15) is 0 Å². The zero-order chi connectivity index (χ0) is 11.6. The Bertz CT molecular complexity index is 339. The molecule has 90 valence electrons. The largest absolute Gasteiger partial charge is 0.316 e. The average Bonchev–Trinajstić information content (AvgIpc) is 2.85. The van der Waals surface area contributed by atoms with Crippen LogP contribution >= 0.6 is 11.3 Å². The van der Waals surface area contributed by atoms with E-state index < -0.39 is 0 Å². The first-order valence-electron chi connectivity index (χ1n) is 6.22. The maximum atomic E-state index is 4.58. The first kappa shape index (κ1) is 12.1. The van der Waals surface area contributed by atoms with Crippen molar-refractivity contribution in [1.29, 1.82) is 0 Å². The molecule has 0 spiro atoms. The Morgan fingerprint density at radius 1 is 1.50 bits per heavy atom. The van der Waals surface area contributed by atoms with Crippen molar-refractivity contribution in [2.75, 3.05) is 7.05 Å². The minimum Gasteiger partial charge on any atom is -0.316 e. The van der Waals surface area contributed by atoms with E-state index in [-0.39, 0.29) is 0 Å². The van der Waals surface area contributed by atoms with E-state index in [1.165, 1.54) is 30.7 Å². The topological polar surface area (TPSA) is 24.9 Å². The Kier molecular flexibility index (Phi) is 3.65. The van der Waals surface area contributed by atoms with E-state index >= 15 is 0 Å². The van der Waals surface area contributed by atoms with Crippen LogP contribution in [0.3, 0.4) is 0 Å². The van der Waals surface area contributed by atoms with Gasteiger partial charge in [0.05, 0.1) is 5.01 Å². The predicted molar refractivity (Wildman–Crippen MR) is 70.0 cm³/mol. The zero-order valence-corrected chi connectivity index (χ0v) is 11.4. The lowest BCUT2D eigenvalue weighted by Gasteiger charge is -2.33. The van der Waals surface area contributed by atoms with Crippen molar-refractivity contribution in [3.63, 3.8) is 0 Å². The Morgan fingerprint density at radius 3 is 2.69 bits per heavy atom. The van der Waals surface area contributed by atoms with Crippen molar-refractivity contribution >= 4 is 11.3 Å². The molecule has 1 aromatic heterocycles. The first-order chi connectivity index (χ1) is 7.64. The lowest BCUT2D eigenvalue weighted by molar-refractivity contribution is 0.229. The monoisotopic (exact) mass is 238 g/mol. The summed E-state index contributed by atoms with van der Waals surface area (Å²) in [5.74, 6) is 0. The lowest BCUT2D eigenvalue weighted by atomic mass is 9.79. The van der Waals surface area contributed by atoms with E-state index in [2.05, 4.69) is 36.6 Å². The molecule has 1 unspecified atom stereocenters. The van der Waals surface area contributed by atoms with Crippen LogP contribution in [0.25, 0.3) is 0 Å². The molecule has 1 atom stereocenters. The van der Waals surface area contributed by atoms with Crippen molar-refractivity contribution in [2.45, 2.75) is 52.0 Å². The maximum absolute atomic E-state index is 4.58. The van der Waals surface area contributed by atoms with Gasteiger partial charge in [-0.05, 0) is 32.2 Å². The van der Waals surface area contributed by atoms with Gasteiger partial charge in [0, 0.05) is 23.5 Å². The maximum Gasteiger partial charge on any atom is 0.0943 e. The highest BCUT2D eigenvalue weighted by Crippen LogP contribution is 2.41. The third kappa shape index (κ3) is 2.46. The second-order valence-corrected chi connectivity index (χ2v) is 6.23. The molecule has 0 saturated heterocycles. The first-order valence-corrected chi connectivity index (χ1v) is 7.10. The molecule has 1 aliphatic rings. The summed E-state index contributed by atoms with van der Waals surface area (Å²) in [6, 6.07) is 0.584. The molecule has 1 saturated carbocycles. The van der Waals surface area contributed by atoms with Gasteiger partial charge < -0.3 is 5.32 Å². The van der Waals surface area contributed by atoms with E-state index in [4.69, 9.17) is 0 Å². The van der Waals surface area contributed by atoms with Crippen molar-refractivity contribution in [3.8, 4) is 0 Å². The average molecular weight is 238 g/mol. The SMILES string of the molecule is CNC(Cc1nc(C)cs1)C1(C)CCCC1. The number of nitrogens with zero attached hydrogens (tertiary/aromatic N) is 1. The van der Waals surface area contributed by atoms with Gasteiger partial charge >= 0.3 is 0 Å². The second kappa shape index (κ2) is 4.84. The molecule has 2 nitrogen and oxygen atoms in total. The van der Waals surface area contributed by atoms with Gasteiger partial charge in [-0.2, -0.15) is 0 Å². The normalized spacial score (nSPS) is 21.2. The minimum atomic E-state index is 0.480. The summed E-state index contributed by atoms with van der Waals surface area (Å²) in [6.45, 7) is 4.51. The van der Waals surface area contributed by atoms with Gasteiger partial charge in [0.2, 0.25) is 0 Å². The highest BCUT2D eigenvalue weighted by Gasteiger charge is 2.36. The van der Waals surface area contributed by atoms with Gasteiger partial charge in [0.1, 0.15) is 0 Å². The van der Waals surface area contributed by atoms with Gasteiger partial charge in [-0.25, -0.2) is 4.98 Å². The van der Waals surface area contributed by atoms with Crippen LogP contribution in [0.1, 0.15) is 43.3 Å². The summed E-state index contributed by atoms with van der Waals surface area (Å²) in [5, 5.41) is 6.94. The summed E-state index contributed by atoms with van der Waals surface area (Å²) >= 11 is 1.80. The Morgan fingerprint density at radius 2 is 2.19 bits per heavy atom. The number of thiazole rings is 1. The molecule has 1 N–H and O–H groups in total. The van der Waals surface area contributed by atoms with E-state index in [1.54, 1.807) is 11.3 Å². The number of rotatable bonds is 4. The number of aryl methyl sites for hydroxylation is 1. The molecule has 0 bridgehead atoms. The van der Waals surface area contributed by atoms with Gasteiger partial charge in [0.15, 0.2) is 0 Å². The van der Waals surface area contributed by atoms with Crippen LogP contribution in [-0.4, -0.2) is 18.1 Å². The molecule has 0 aromatic carbocycles. The molecule has 1 aliphatic carbocycles. The molecule has 0 radical (unpaired) electrons. The third-order valence-corrected chi connectivity index (χ3v) is 4.97. The van der Waals surface area contributed by atoms with Gasteiger partial charge in [-0.3, -0.25) is 0 Å². The van der Waals surface area contributed by atoms with Crippen LogP contribution < -0.4 is 5.32 Å². The van der Waals surface area contributed by atoms with E-state index in [1.807, 2.05) is 0 Å². The molecule has 1 fully saturated rings. The van der Waals surface area contributed by atoms with Crippen molar-refractivity contribution in [3.05, 3.63) is 16.1 Å². The van der Waals surface area contributed by atoms with Crippen LogP contribution in [0.4, 0.5) is 0 Å². The number of hydrogen-bond acceptors (Lipinski definition) is 3. The molecular formula is C13H22N2S. The van der Waals surface area contributed by atoms with Crippen molar-refractivity contribution < 1.29 is 0 Å². The molecule has 16 heavy (non-hydrogen) atoms. The smallest absolute Gasteiger partial charge is 0.0943 e. The molecular weight excluding hydrogens is 216 g/mol. The van der Waals surface area contributed by atoms with Crippen LogP contribution in [0, 0.1) is 12.3 Å². The highest BCUT2D eigenvalue weighted by molar-refractivity contribution is 7.09. The third-order valence-electron chi connectivity index (χ3n) is 3.98. The number of likely N-dealkylation sites (N-methyl/N-ethyl adjacent to an activating group) is 1. The summed E-state index contributed by atoms with van der Waals surface area (Å²) in [6.07, 6.45) is 6.61. The number of nitrogens with one attached hydrogen (secondary N) is 1. The molecule has 1 aromatic rings. The Hall–Kier alpha value is -0.410. The van der Waals surface area contributed by atoms with Crippen molar-refractivity contribution in [1.82, 2.24) is 10.3 Å². The van der Waals surface area contributed by atoms with Crippen LogP contribution in [0.2, 0.25) is 0 Å².